The van der Waals surface area contributed by atoms with Crippen molar-refractivity contribution >= 4 is 23.8 Å². The number of benzene rings is 2. The Bertz CT molecular complexity index is 801. The number of hydrogen-bond acceptors (Lipinski definition) is 6. The van der Waals surface area contributed by atoms with Crippen LogP contribution in [0.25, 0.3) is 0 Å². The second-order valence-corrected chi connectivity index (χ2v) is 5.81. The van der Waals surface area contributed by atoms with Crippen LogP contribution < -0.4 is 10.6 Å². The van der Waals surface area contributed by atoms with Crippen LogP contribution in [-0.2, 0) is 9.47 Å². The van der Waals surface area contributed by atoms with E-state index in [1.807, 2.05) is 0 Å². The predicted molar refractivity (Wildman–Crippen MR) is 100.0 cm³/mol. The number of nitrogens with one attached hydrogen (secondary N) is 2. The largest absolute Gasteiger partial charge is 0.465 e. The van der Waals surface area contributed by atoms with E-state index in [-0.39, 0.29) is 0 Å². The lowest BCUT2D eigenvalue weighted by atomic mass is 10.1. The average Bonchev–Trinajstić information content (AvgIpc) is 2.72. The molecule has 0 saturated carbocycles. The maximum Gasteiger partial charge on any atom is 0.337 e. The van der Waals surface area contributed by atoms with Gasteiger partial charge in [0.1, 0.15) is 0 Å². The van der Waals surface area contributed by atoms with Crippen LogP contribution in [0.5, 0.6) is 0 Å². The normalized spacial score (nSPS) is 10.1. The van der Waals surface area contributed by atoms with Crippen LogP contribution in [0.2, 0.25) is 0 Å². The molecule has 8 nitrogen and oxygen atoms in total. The standard InChI is InChI=1S/C20H20N2O6/c1-12(21-17(23)13-4-8-15(9-5-13)19(25)27-2)22-18(24)14-6-10-16(11-7-14)20(26)28-3/h4-12H,1-3H3,(H,21,23)(H,22,24). The van der Waals surface area contributed by atoms with Crippen LogP contribution in [0, 0.1) is 0 Å². The Kier molecular flexibility index (Phi) is 6.86. The molecule has 2 rings (SSSR count). The van der Waals surface area contributed by atoms with Crippen molar-refractivity contribution in [2.24, 2.45) is 0 Å². The summed E-state index contributed by atoms with van der Waals surface area (Å²) in [5, 5.41) is 5.27. The van der Waals surface area contributed by atoms with E-state index in [4.69, 9.17) is 0 Å². The highest BCUT2D eigenvalue weighted by atomic mass is 16.5. The second-order valence-electron chi connectivity index (χ2n) is 5.81. The lowest BCUT2D eigenvalue weighted by Crippen LogP contribution is -2.45. The smallest absolute Gasteiger partial charge is 0.337 e. The molecule has 0 aliphatic heterocycles. The maximum atomic E-state index is 12.2. The van der Waals surface area contributed by atoms with Gasteiger partial charge in [0, 0.05) is 11.1 Å². The van der Waals surface area contributed by atoms with Gasteiger partial charge in [0.2, 0.25) is 0 Å². The molecule has 0 aliphatic rings. The quantitative estimate of drug-likeness (QED) is 0.580. The number of amides is 2. The van der Waals surface area contributed by atoms with Crippen molar-refractivity contribution in [2.75, 3.05) is 14.2 Å². The van der Waals surface area contributed by atoms with E-state index in [1.165, 1.54) is 62.8 Å². The van der Waals surface area contributed by atoms with Gasteiger partial charge in [0.25, 0.3) is 11.8 Å². The summed E-state index contributed by atoms with van der Waals surface area (Å²) in [5.41, 5.74) is 1.32. The van der Waals surface area contributed by atoms with Crippen LogP contribution in [0.1, 0.15) is 48.4 Å². The van der Waals surface area contributed by atoms with Crippen LogP contribution in [-0.4, -0.2) is 44.1 Å². The van der Waals surface area contributed by atoms with E-state index in [0.29, 0.717) is 22.3 Å². The Morgan fingerprint density at radius 3 is 1.21 bits per heavy atom. The van der Waals surface area contributed by atoms with Crippen LogP contribution >= 0.6 is 0 Å². The molecule has 2 N–H and O–H groups in total. The van der Waals surface area contributed by atoms with Crippen molar-refractivity contribution in [1.82, 2.24) is 10.6 Å². The molecule has 0 fully saturated rings. The zero-order chi connectivity index (χ0) is 20.7. The maximum absolute atomic E-state index is 12.2. The first-order valence-corrected chi connectivity index (χ1v) is 8.34. The summed E-state index contributed by atoms with van der Waals surface area (Å²) in [6.45, 7) is 1.61. The van der Waals surface area contributed by atoms with E-state index >= 15 is 0 Å². The molecule has 8 heteroatoms. The summed E-state index contributed by atoms with van der Waals surface area (Å²) in [5.74, 6) is -1.81. The van der Waals surface area contributed by atoms with E-state index < -0.39 is 29.9 Å². The molecule has 0 bridgehead atoms. The fourth-order valence-corrected chi connectivity index (χ4v) is 2.35. The summed E-state index contributed by atoms with van der Waals surface area (Å²) < 4.78 is 9.20. The number of ether oxygens (including phenoxy) is 2. The number of carbonyl (C=O) groups is 4. The molecule has 0 heterocycles. The van der Waals surface area contributed by atoms with Crippen LogP contribution in [0.3, 0.4) is 0 Å². The molecule has 0 aromatic heterocycles. The Morgan fingerprint density at radius 1 is 0.643 bits per heavy atom. The fraction of sp³-hybridized carbons (Fsp3) is 0.200. The van der Waals surface area contributed by atoms with E-state index in [9.17, 15) is 19.2 Å². The van der Waals surface area contributed by atoms with Gasteiger partial charge < -0.3 is 20.1 Å². The molecule has 0 saturated heterocycles. The topological polar surface area (TPSA) is 111 Å². The van der Waals surface area contributed by atoms with E-state index in [1.54, 1.807) is 6.92 Å². The van der Waals surface area contributed by atoms with Crippen molar-refractivity contribution in [3.8, 4) is 0 Å². The van der Waals surface area contributed by atoms with Gasteiger partial charge in [-0.3, -0.25) is 9.59 Å². The minimum Gasteiger partial charge on any atom is -0.465 e. The first kappa shape index (κ1) is 20.6. The van der Waals surface area contributed by atoms with Crippen molar-refractivity contribution < 1.29 is 28.7 Å². The van der Waals surface area contributed by atoms with Gasteiger partial charge in [-0.05, 0) is 55.5 Å². The first-order chi connectivity index (χ1) is 13.3. The van der Waals surface area contributed by atoms with Gasteiger partial charge in [-0.15, -0.1) is 0 Å². The van der Waals surface area contributed by atoms with Crippen molar-refractivity contribution in [3.63, 3.8) is 0 Å². The van der Waals surface area contributed by atoms with Gasteiger partial charge in [-0.2, -0.15) is 0 Å². The van der Waals surface area contributed by atoms with Gasteiger partial charge in [-0.25, -0.2) is 9.59 Å². The molecule has 2 aromatic carbocycles. The van der Waals surface area contributed by atoms with Crippen molar-refractivity contribution in [1.29, 1.82) is 0 Å². The molecule has 2 amide bonds. The lowest BCUT2D eigenvalue weighted by Gasteiger charge is -2.16. The molecule has 28 heavy (non-hydrogen) atoms. The van der Waals surface area contributed by atoms with Gasteiger partial charge in [0.15, 0.2) is 0 Å². The van der Waals surface area contributed by atoms with Gasteiger partial charge in [-0.1, -0.05) is 0 Å². The summed E-state index contributed by atoms with van der Waals surface area (Å²) in [6, 6.07) is 11.9. The average molecular weight is 384 g/mol. The Morgan fingerprint density at radius 2 is 0.929 bits per heavy atom. The zero-order valence-corrected chi connectivity index (χ0v) is 15.6. The number of carbonyl (C=O) groups excluding carboxylic acids is 4. The molecule has 146 valence electrons. The first-order valence-electron chi connectivity index (χ1n) is 8.34. The minimum absolute atomic E-state index is 0.329. The highest BCUT2D eigenvalue weighted by Crippen LogP contribution is 2.07. The minimum atomic E-state index is -0.652. The molecule has 2 aromatic rings. The molecule has 0 unspecified atom stereocenters. The number of esters is 2. The number of methoxy groups -OCH3 is 2. The van der Waals surface area contributed by atoms with Gasteiger partial charge in [0.05, 0.1) is 31.5 Å². The molecule has 0 aliphatic carbocycles. The summed E-state index contributed by atoms with van der Waals surface area (Å²) in [4.78, 5) is 47.3. The van der Waals surface area contributed by atoms with E-state index in [2.05, 4.69) is 20.1 Å². The van der Waals surface area contributed by atoms with Crippen LogP contribution in [0.4, 0.5) is 0 Å². The number of hydrogen-bond donors (Lipinski definition) is 2. The van der Waals surface area contributed by atoms with Crippen molar-refractivity contribution in [3.05, 3.63) is 70.8 Å². The van der Waals surface area contributed by atoms with Crippen molar-refractivity contribution in [2.45, 2.75) is 13.1 Å². The lowest BCUT2D eigenvalue weighted by molar-refractivity contribution is 0.0592. The monoisotopic (exact) mass is 384 g/mol. The molecular weight excluding hydrogens is 364 g/mol. The zero-order valence-electron chi connectivity index (χ0n) is 15.6. The highest BCUT2D eigenvalue weighted by Gasteiger charge is 2.15. The number of rotatable bonds is 6. The fourth-order valence-electron chi connectivity index (χ4n) is 2.35. The Hall–Kier alpha value is -3.68. The van der Waals surface area contributed by atoms with Crippen LogP contribution in [0.15, 0.2) is 48.5 Å². The summed E-state index contributed by atoms with van der Waals surface area (Å²) >= 11 is 0. The summed E-state index contributed by atoms with van der Waals surface area (Å²) in [6.07, 6.45) is -0.652. The molecule has 0 atom stereocenters. The highest BCUT2D eigenvalue weighted by molar-refractivity contribution is 5.98. The molecular formula is C20H20N2O6. The second kappa shape index (κ2) is 9.31. The SMILES string of the molecule is COC(=O)c1ccc(C(=O)NC(C)NC(=O)c2ccc(C(=O)OC)cc2)cc1. The summed E-state index contributed by atoms with van der Waals surface area (Å²) in [7, 11) is 2.55. The Balaban J connectivity index is 1.94. The molecule has 0 radical (unpaired) electrons. The third-order valence-electron chi connectivity index (χ3n) is 3.83. The molecule has 0 spiro atoms. The predicted octanol–water partition coefficient (Wildman–Crippen LogP) is 1.77. The third-order valence-corrected chi connectivity index (χ3v) is 3.83. The van der Waals surface area contributed by atoms with Gasteiger partial charge >= 0.3 is 11.9 Å². The third kappa shape index (κ3) is 5.16. The van der Waals surface area contributed by atoms with E-state index in [0.717, 1.165) is 0 Å². The Labute approximate surface area is 161 Å².